The molecule has 192 valence electrons. The maximum Gasteiger partial charge on any atom is 0.262 e. The Bertz CT molecular complexity index is 1310. The molecule has 0 unspecified atom stereocenters. The highest BCUT2D eigenvalue weighted by Gasteiger charge is 2.19. The standard InChI is InChI=1S/C27H33ClFN5O2/c1-4-32-10-5-11-33(13-12-32)20-7-9-24-21(15-20)27(36)34(17-25(35)30-16-18(2)3)26(31-24)19-6-8-23(29)22(28)14-19/h6-9,14-15,18H,4-5,10-13,16-17H2,1-3H3,(H,30,35). The zero-order valence-corrected chi connectivity index (χ0v) is 21.8. The molecule has 4 rings (SSSR count). The molecule has 0 aliphatic carbocycles. The fourth-order valence-corrected chi connectivity index (χ4v) is 4.65. The third-order valence-corrected chi connectivity index (χ3v) is 6.82. The van der Waals surface area contributed by atoms with E-state index in [9.17, 15) is 14.0 Å². The number of aromatic nitrogens is 2. The third kappa shape index (κ3) is 5.87. The maximum absolute atomic E-state index is 13.8. The molecule has 3 aromatic rings. The number of anilines is 1. The number of rotatable bonds is 7. The summed E-state index contributed by atoms with van der Waals surface area (Å²) in [5.74, 6) is -0.302. The zero-order chi connectivity index (χ0) is 25.8. The van der Waals surface area contributed by atoms with Crippen LogP contribution in [0.1, 0.15) is 27.2 Å². The first kappa shape index (κ1) is 26.1. The molecular formula is C27H33ClFN5O2. The van der Waals surface area contributed by atoms with Crippen molar-refractivity contribution in [1.29, 1.82) is 0 Å². The van der Waals surface area contributed by atoms with Gasteiger partial charge in [0.2, 0.25) is 5.91 Å². The normalized spacial score (nSPS) is 14.9. The van der Waals surface area contributed by atoms with E-state index in [1.807, 2.05) is 32.0 Å². The van der Waals surface area contributed by atoms with E-state index in [1.165, 1.54) is 22.8 Å². The first-order valence-electron chi connectivity index (χ1n) is 12.5. The van der Waals surface area contributed by atoms with Gasteiger partial charge in [-0.05, 0) is 61.8 Å². The Kier molecular flexibility index (Phi) is 8.26. The molecule has 1 amide bonds. The van der Waals surface area contributed by atoms with E-state index in [4.69, 9.17) is 16.6 Å². The number of nitrogens with one attached hydrogen (secondary N) is 1. The van der Waals surface area contributed by atoms with Crippen molar-refractivity contribution in [2.45, 2.75) is 33.7 Å². The number of carbonyl (C=O) groups excluding carboxylic acids is 1. The monoisotopic (exact) mass is 513 g/mol. The predicted molar refractivity (Wildman–Crippen MR) is 143 cm³/mol. The van der Waals surface area contributed by atoms with Crippen molar-refractivity contribution in [3.8, 4) is 11.4 Å². The summed E-state index contributed by atoms with van der Waals surface area (Å²) >= 11 is 6.03. The summed E-state index contributed by atoms with van der Waals surface area (Å²) in [6, 6.07) is 9.87. The van der Waals surface area contributed by atoms with Crippen molar-refractivity contribution < 1.29 is 9.18 Å². The number of carbonyl (C=O) groups is 1. The van der Waals surface area contributed by atoms with Crippen molar-refractivity contribution in [1.82, 2.24) is 19.8 Å². The molecule has 1 N–H and O–H groups in total. The Balaban J connectivity index is 1.78. The molecule has 0 saturated carbocycles. The quantitative estimate of drug-likeness (QED) is 0.513. The molecule has 1 fully saturated rings. The molecule has 36 heavy (non-hydrogen) atoms. The van der Waals surface area contributed by atoms with E-state index in [-0.39, 0.29) is 34.8 Å². The van der Waals surface area contributed by atoms with E-state index in [0.717, 1.165) is 44.8 Å². The summed E-state index contributed by atoms with van der Waals surface area (Å²) in [4.78, 5) is 35.9. The molecule has 1 aliphatic heterocycles. The summed E-state index contributed by atoms with van der Waals surface area (Å²) in [7, 11) is 0. The lowest BCUT2D eigenvalue weighted by Gasteiger charge is -2.24. The van der Waals surface area contributed by atoms with Crippen molar-refractivity contribution in [3.05, 3.63) is 57.6 Å². The van der Waals surface area contributed by atoms with Crippen molar-refractivity contribution in [2.24, 2.45) is 5.92 Å². The van der Waals surface area contributed by atoms with E-state index >= 15 is 0 Å². The van der Waals surface area contributed by atoms with Crippen LogP contribution in [0.25, 0.3) is 22.3 Å². The lowest BCUT2D eigenvalue weighted by molar-refractivity contribution is -0.121. The third-order valence-electron chi connectivity index (χ3n) is 6.53. The van der Waals surface area contributed by atoms with Crippen LogP contribution in [-0.2, 0) is 11.3 Å². The van der Waals surface area contributed by atoms with Crippen LogP contribution in [0.2, 0.25) is 5.02 Å². The number of hydrogen-bond acceptors (Lipinski definition) is 5. The largest absolute Gasteiger partial charge is 0.370 e. The minimum Gasteiger partial charge on any atom is -0.370 e. The van der Waals surface area contributed by atoms with Crippen LogP contribution >= 0.6 is 11.6 Å². The fourth-order valence-electron chi connectivity index (χ4n) is 4.47. The number of fused-ring (bicyclic) bond motifs is 1. The average molecular weight is 514 g/mol. The Morgan fingerprint density at radius 1 is 1.14 bits per heavy atom. The molecule has 1 saturated heterocycles. The highest BCUT2D eigenvalue weighted by Crippen LogP contribution is 2.26. The zero-order valence-electron chi connectivity index (χ0n) is 21.1. The van der Waals surface area contributed by atoms with E-state index in [0.29, 0.717) is 23.0 Å². The van der Waals surface area contributed by atoms with Gasteiger partial charge in [-0.1, -0.05) is 32.4 Å². The van der Waals surface area contributed by atoms with Crippen LogP contribution in [-0.4, -0.2) is 59.6 Å². The molecule has 0 radical (unpaired) electrons. The predicted octanol–water partition coefficient (Wildman–Crippen LogP) is 4.16. The average Bonchev–Trinajstić information content (AvgIpc) is 3.12. The summed E-state index contributed by atoms with van der Waals surface area (Å²) in [6.07, 6.45) is 1.05. The lowest BCUT2D eigenvalue weighted by Crippen LogP contribution is -2.35. The maximum atomic E-state index is 13.8. The van der Waals surface area contributed by atoms with Crippen LogP contribution in [0.3, 0.4) is 0 Å². The van der Waals surface area contributed by atoms with Crippen molar-refractivity contribution in [3.63, 3.8) is 0 Å². The number of benzene rings is 2. The number of amides is 1. The van der Waals surface area contributed by atoms with Gasteiger partial charge in [0.05, 0.1) is 15.9 Å². The summed E-state index contributed by atoms with van der Waals surface area (Å²) < 4.78 is 15.2. The fraction of sp³-hybridized carbons (Fsp3) is 0.444. The van der Waals surface area contributed by atoms with Crippen LogP contribution < -0.4 is 15.8 Å². The first-order chi connectivity index (χ1) is 17.3. The van der Waals surface area contributed by atoms with Gasteiger partial charge in [-0.3, -0.25) is 14.2 Å². The molecule has 1 aromatic heterocycles. The number of likely N-dealkylation sites (N-methyl/N-ethyl adjacent to an activating group) is 1. The molecule has 0 bridgehead atoms. The van der Waals surface area contributed by atoms with Gasteiger partial charge in [0.15, 0.2) is 0 Å². The smallest absolute Gasteiger partial charge is 0.262 e. The second-order valence-electron chi connectivity index (χ2n) is 9.63. The van der Waals surface area contributed by atoms with E-state index < -0.39 is 5.82 Å². The highest BCUT2D eigenvalue weighted by molar-refractivity contribution is 6.31. The van der Waals surface area contributed by atoms with Crippen molar-refractivity contribution >= 4 is 34.1 Å². The molecule has 1 aliphatic rings. The van der Waals surface area contributed by atoms with Crippen LogP contribution in [0, 0.1) is 11.7 Å². The van der Waals surface area contributed by atoms with Gasteiger partial charge in [-0.15, -0.1) is 0 Å². The SMILES string of the molecule is CCN1CCCN(c2ccc3nc(-c4ccc(F)c(Cl)c4)n(CC(=O)NCC(C)C)c(=O)c3c2)CC1. The summed E-state index contributed by atoms with van der Waals surface area (Å²) in [5, 5.41) is 3.23. The second kappa shape index (κ2) is 11.4. The molecule has 2 heterocycles. The number of nitrogens with zero attached hydrogens (tertiary/aromatic N) is 4. The lowest BCUT2D eigenvalue weighted by atomic mass is 10.1. The minimum atomic E-state index is -0.562. The topological polar surface area (TPSA) is 70.5 Å². The second-order valence-corrected chi connectivity index (χ2v) is 10.0. The van der Waals surface area contributed by atoms with Gasteiger partial charge in [0, 0.05) is 37.4 Å². The van der Waals surface area contributed by atoms with Gasteiger partial charge in [-0.25, -0.2) is 9.37 Å². The van der Waals surface area contributed by atoms with Crippen LogP contribution in [0.5, 0.6) is 0 Å². The molecular weight excluding hydrogens is 481 g/mol. The van der Waals surface area contributed by atoms with Gasteiger partial charge < -0.3 is 15.1 Å². The van der Waals surface area contributed by atoms with Crippen LogP contribution in [0.4, 0.5) is 10.1 Å². The Morgan fingerprint density at radius 3 is 2.67 bits per heavy atom. The van der Waals surface area contributed by atoms with Gasteiger partial charge in [-0.2, -0.15) is 0 Å². The highest BCUT2D eigenvalue weighted by atomic mass is 35.5. The Labute approximate surface area is 215 Å². The van der Waals surface area contributed by atoms with Gasteiger partial charge >= 0.3 is 0 Å². The first-order valence-corrected chi connectivity index (χ1v) is 12.9. The Morgan fingerprint density at radius 2 is 1.94 bits per heavy atom. The number of halogens is 2. The van der Waals surface area contributed by atoms with Crippen molar-refractivity contribution in [2.75, 3.05) is 44.2 Å². The summed E-state index contributed by atoms with van der Waals surface area (Å²) in [6.45, 7) is 11.3. The van der Waals surface area contributed by atoms with Gasteiger partial charge in [0.25, 0.3) is 5.56 Å². The van der Waals surface area contributed by atoms with E-state index in [1.54, 1.807) is 0 Å². The van der Waals surface area contributed by atoms with E-state index in [2.05, 4.69) is 22.0 Å². The van der Waals surface area contributed by atoms with Gasteiger partial charge in [0.1, 0.15) is 18.2 Å². The molecule has 7 nitrogen and oxygen atoms in total. The Hall–Kier alpha value is -2.97. The molecule has 2 aromatic carbocycles. The molecule has 0 spiro atoms. The minimum absolute atomic E-state index is 0.0738. The molecule has 9 heteroatoms. The summed E-state index contributed by atoms with van der Waals surface area (Å²) in [5.41, 5.74) is 1.63. The number of hydrogen-bond donors (Lipinski definition) is 1. The molecule has 0 atom stereocenters. The van der Waals surface area contributed by atoms with Crippen LogP contribution in [0.15, 0.2) is 41.2 Å².